The fourth-order valence-corrected chi connectivity index (χ4v) is 1.24. The summed E-state index contributed by atoms with van der Waals surface area (Å²) in [6.07, 6.45) is 0.446. The van der Waals surface area contributed by atoms with Crippen LogP contribution in [-0.4, -0.2) is 23.4 Å². The van der Waals surface area contributed by atoms with Crippen LogP contribution in [-0.2, 0) is 14.3 Å². The van der Waals surface area contributed by atoms with Crippen LogP contribution in [0, 0.1) is 0 Å². The summed E-state index contributed by atoms with van der Waals surface area (Å²) in [5.41, 5.74) is -0.376. The molecule has 1 aliphatic heterocycles. The lowest BCUT2D eigenvalue weighted by Crippen LogP contribution is -2.36. The van der Waals surface area contributed by atoms with Crippen molar-refractivity contribution in [2.75, 3.05) is 0 Å². The van der Waals surface area contributed by atoms with E-state index in [1.165, 1.54) is 6.92 Å². The van der Waals surface area contributed by atoms with Gasteiger partial charge in [0.1, 0.15) is 11.5 Å². The van der Waals surface area contributed by atoms with Crippen LogP contribution in [0.4, 0.5) is 0 Å². The first-order valence-corrected chi connectivity index (χ1v) is 3.77. The zero-order valence-corrected chi connectivity index (χ0v) is 6.93. The Balaban J connectivity index is 2.47. The van der Waals surface area contributed by atoms with Crippen molar-refractivity contribution < 1.29 is 14.3 Å². The van der Waals surface area contributed by atoms with Gasteiger partial charge in [0, 0.05) is 13.3 Å². The highest BCUT2D eigenvalue weighted by Crippen LogP contribution is 2.16. The Kier molecular flexibility index (Phi) is 2.38. The van der Waals surface area contributed by atoms with E-state index in [-0.39, 0.29) is 11.3 Å². The molecule has 1 aliphatic rings. The maximum absolute atomic E-state index is 10.8. The minimum absolute atomic E-state index is 0.227. The predicted octanol–water partition coefficient (Wildman–Crippen LogP) is -0.306. The molecule has 0 aliphatic carbocycles. The highest BCUT2D eigenvalue weighted by Gasteiger charge is 2.32. The van der Waals surface area contributed by atoms with Crippen LogP contribution in [0.15, 0.2) is 0 Å². The zero-order valence-electron chi connectivity index (χ0n) is 6.03. The van der Waals surface area contributed by atoms with E-state index in [0.29, 0.717) is 6.42 Å². The van der Waals surface area contributed by atoms with Gasteiger partial charge in [0.15, 0.2) is 0 Å². The topological polar surface area (TPSA) is 55.4 Å². The number of esters is 1. The number of hydrogen-bond donors (Lipinski definition) is 2. The van der Waals surface area contributed by atoms with Gasteiger partial charge in [-0.3, -0.25) is 4.79 Å². The summed E-state index contributed by atoms with van der Waals surface area (Å²) in [5.74, 6) is -0.630. The molecule has 1 rings (SSSR count). The maximum Gasteiger partial charge on any atom is 0.329 e. The Labute approximate surface area is 69.7 Å². The summed E-state index contributed by atoms with van der Waals surface area (Å²) in [5, 5.41) is 2.46. The van der Waals surface area contributed by atoms with E-state index in [1.54, 1.807) is 0 Å². The van der Waals surface area contributed by atoms with Crippen LogP contribution < -0.4 is 5.32 Å². The van der Waals surface area contributed by atoms with Crippen molar-refractivity contribution in [3.63, 3.8) is 0 Å². The molecule has 1 N–H and O–H groups in total. The summed E-state index contributed by atoms with van der Waals surface area (Å²) in [6.45, 7) is 1.36. The number of thiol groups is 1. The van der Waals surface area contributed by atoms with Gasteiger partial charge in [0.25, 0.3) is 0 Å². The Morgan fingerprint density at radius 3 is 2.82 bits per heavy atom. The number of carbonyl (C=O) groups is 2. The highest BCUT2D eigenvalue weighted by molar-refractivity contribution is 7.80. The van der Waals surface area contributed by atoms with Crippen molar-refractivity contribution in [3.8, 4) is 0 Å². The second-order valence-corrected chi connectivity index (χ2v) is 2.96. The van der Waals surface area contributed by atoms with E-state index in [4.69, 9.17) is 0 Å². The average Bonchev–Trinajstić information content (AvgIpc) is 2.09. The zero-order chi connectivity index (χ0) is 8.43. The molecule has 1 saturated heterocycles. The molecule has 5 heteroatoms. The Hall–Kier alpha value is -0.710. The highest BCUT2D eigenvalue weighted by atomic mass is 32.1. The van der Waals surface area contributed by atoms with Crippen molar-refractivity contribution in [1.29, 1.82) is 0 Å². The van der Waals surface area contributed by atoms with Crippen LogP contribution in [0.3, 0.4) is 0 Å². The molecular formula is C6H9NO3S. The molecule has 1 amide bonds. The average molecular weight is 175 g/mol. The number of rotatable bonds is 1. The first-order valence-electron chi connectivity index (χ1n) is 3.25. The molecule has 4 nitrogen and oxygen atoms in total. The molecule has 1 unspecified atom stereocenters. The van der Waals surface area contributed by atoms with Crippen molar-refractivity contribution in [3.05, 3.63) is 0 Å². The van der Waals surface area contributed by atoms with Crippen LogP contribution in [0.25, 0.3) is 0 Å². The molecule has 0 radical (unpaired) electrons. The number of nitrogens with one attached hydrogen (secondary N) is 1. The molecule has 1 fully saturated rings. The Bertz CT molecular complexity index is 194. The van der Waals surface area contributed by atoms with Crippen LogP contribution in [0.2, 0.25) is 0 Å². The van der Waals surface area contributed by atoms with Crippen LogP contribution in [0.5, 0.6) is 0 Å². The van der Waals surface area contributed by atoms with Gasteiger partial charge in [0.05, 0.1) is 0 Å². The van der Waals surface area contributed by atoms with Gasteiger partial charge in [-0.1, -0.05) is 0 Å². The number of carbonyl (C=O) groups excluding carboxylic acids is 2. The first kappa shape index (κ1) is 8.39. The molecule has 2 atom stereocenters. The number of ether oxygens (including phenoxy) is 1. The third-order valence-corrected chi connectivity index (χ3v) is 1.67. The molecule has 0 aromatic heterocycles. The van der Waals surface area contributed by atoms with Gasteiger partial charge in [0.2, 0.25) is 5.91 Å². The largest absolute Gasteiger partial charge is 0.450 e. The van der Waals surface area contributed by atoms with E-state index in [0.717, 1.165) is 0 Å². The monoisotopic (exact) mass is 175 g/mol. The molecular weight excluding hydrogens is 166 g/mol. The summed E-state index contributed by atoms with van der Waals surface area (Å²) in [4.78, 5) is 21.3. The lowest BCUT2D eigenvalue weighted by molar-refractivity contribution is -0.141. The summed E-state index contributed by atoms with van der Waals surface area (Å²) < 4.78 is 4.69. The fourth-order valence-electron chi connectivity index (χ4n) is 0.925. The molecule has 0 bridgehead atoms. The number of amides is 1. The Morgan fingerprint density at radius 1 is 1.82 bits per heavy atom. The van der Waals surface area contributed by atoms with Gasteiger partial charge in [-0.15, -0.1) is 12.6 Å². The maximum atomic E-state index is 10.8. The lowest BCUT2D eigenvalue weighted by Gasteiger charge is -2.03. The van der Waals surface area contributed by atoms with E-state index >= 15 is 0 Å². The lowest BCUT2D eigenvalue weighted by atomic mass is 10.2. The predicted molar refractivity (Wildman–Crippen MR) is 41.1 cm³/mol. The molecule has 0 aromatic carbocycles. The van der Waals surface area contributed by atoms with Crippen molar-refractivity contribution >= 4 is 24.5 Å². The number of hydrogen-bond acceptors (Lipinski definition) is 4. The van der Waals surface area contributed by atoms with Gasteiger partial charge in [-0.2, -0.15) is 0 Å². The minimum Gasteiger partial charge on any atom is -0.450 e. The SMILES string of the molecule is CC(=O)N[C@H]1CC(S)OC1=O. The molecule has 0 aromatic rings. The quantitative estimate of drug-likeness (QED) is 0.425. The summed E-state index contributed by atoms with van der Waals surface area (Å²) >= 11 is 3.94. The van der Waals surface area contributed by atoms with Crippen LogP contribution in [0.1, 0.15) is 13.3 Å². The van der Waals surface area contributed by atoms with Crippen molar-refractivity contribution in [2.24, 2.45) is 0 Å². The standard InChI is InChI=1S/C6H9NO3S/c1-3(8)7-4-2-5(11)10-6(4)9/h4-5,11H,2H2,1H3,(H,7,8)/t4-,5?/m0/s1. The van der Waals surface area contributed by atoms with E-state index < -0.39 is 12.0 Å². The fraction of sp³-hybridized carbons (Fsp3) is 0.667. The third-order valence-electron chi connectivity index (χ3n) is 1.35. The van der Waals surface area contributed by atoms with Gasteiger partial charge in [-0.25, -0.2) is 4.79 Å². The molecule has 1 heterocycles. The smallest absolute Gasteiger partial charge is 0.329 e. The van der Waals surface area contributed by atoms with Crippen molar-refractivity contribution in [1.82, 2.24) is 5.32 Å². The second-order valence-electron chi connectivity index (χ2n) is 2.38. The van der Waals surface area contributed by atoms with Gasteiger partial charge >= 0.3 is 5.97 Å². The molecule has 11 heavy (non-hydrogen) atoms. The van der Waals surface area contributed by atoms with Gasteiger partial charge in [-0.05, 0) is 0 Å². The van der Waals surface area contributed by atoms with E-state index in [9.17, 15) is 9.59 Å². The number of cyclic esters (lactones) is 1. The normalized spacial score (nSPS) is 29.8. The van der Waals surface area contributed by atoms with E-state index in [1.807, 2.05) is 0 Å². The molecule has 0 saturated carbocycles. The van der Waals surface area contributed by atoms with Crippen molar-refractivity contribution in [2.45, 2.75) is 24.8 Å². The minimum atomic E-state index is -0.505. The second kappa shape index (κ2) is 3.13. The molecule has 0 spiro atoms. The van der Waals surface area contributed by atoms with Gasteiger partial charge < -0.3 is 10.1 Å². The summed E-state index contributed by atoms with van der Waals surface area (Å²) in [7, 11) is 0. The summed E-state index contributed by atoms with van der Waals surface area (Å²) in [6, 6.07) is -0.505. The third kappa shape index (κ3) is 2.11. The first-order chi connectivity index (χ1) is 5.09. The van der Waals surface area contributed by atoms with E-state index in [2.05, 4.69) is 22.7 Å². The molecule has 62 valence electrons. The van der Waals surface area contributed by atoms with Crippen LogP contribution >= 0.6 is 12.6 Å². The Morgan fingerprint density at radius 2 is 2.45 bits per heavy atom.